The van der Waals surface area contributed by atoms with Crippen LogP contribution in [0.25, 0.3) is 0 Å². The summed E-state index contributed by atoms with van der Waals surface area (Å²) in [6, 6.07) is 1.08. The second-order valence-corrected chi connectivity index (χ2v) is 8.85. The standard InChI is InChI=1S/C22H35N5O2/c1-2-3-13-29-22-24-20(23)18-14-19(28)27(21(18)25-22)15-16-9-11-26(12-10-16)17-7-5-4-6-8-17/h16-17H,2-15H2,1H3,(H2,23,24,25). The van der Waals surface area contributed by atoms with Crippen molar-refractivity contribution in [2.45, 2.75) is 77.2 Å². The third-order valence-corrected chi connectivity index (χ3v) is 6.79. The average Bonchev–Trinajstić information content (AvgIpc) is 3.05. The third-order valence-electron chi connectivity index (χ3n) is 6.79. The molecule has 1 aliphatic carbocycles. The molecule has 2 N–H and O–H groups in total. The molecule has 1 saturated carbocycles. The van der Waals surface area contributed by atoms with Crippen LogP contribution in [0.5, 0.6) is 6.01 Å². The maximum atomic E-state index is 12.7. The highest BCUT2D eigenvalue weighted by atomic mass is 16.5. The SMILES string of the molecule is CCCCOc1nc(N)c2c(n1)N(CC1CCN(C3CCCCC3)CC1)C(=O)C2. The Morgan fingerprint density at radius 1 is 1.10 bits per heavy atom. The lowest BCUT2D eigenvalue weighted by molar-refractivity contribution is -0.117. The van der Waals surface area contributed by atoms with Gasteiger partial charge in [0.2, 0.25) is 5.91 Å². The summed E-state index contributed by atoms with van der Waals surface area (Å²) < 4.78 is 5.66. The van der Waals surface area contributed by atoms with Gasteiger partial charge in [0.25, 0.3) is 0 Å². The predicted molar refractivity (Wildman–Crippen MR) is 114 cm³/mol. The first-order valence-corrected chi connectivity index (χ1v) is 11.5. The second-order valence-electron chi connectivity index (χ2n) is 8.85. The van der Waals surface area contributed by atoms with E-state index in [1.54, 1.807) is 0 Å². The average molecular weight is 402 g/mol. The van der Waals surface area contributed by atoms with E-state index in [1.165, 1.54) is 32.1 Å². The number of likely N-dealkylation sites (tertiary alicyclic amines) is 1. The molecule has 2 aliphatic heterocycles. The highest BCUT2D eigenvalue weighted by Crippen LogP contribution is 2.34. The first-order valence-electron chi connectivity index (χ1n) is 11.5. The zero-order valence-electron chi connectivity index (χ0n) is 17.7. The van der Waals surface area contributed by atoms with Gasteiger partial charge >= 0.3 is 6.01 Å². The van der Waals surface area contributed by atoms with Crippen LogP contribution in [0.15, 0.2) is 0 Å². The number of carbonyl (C=O) groups excluding carboxylic acids is 1. The van der Waals surface area contributed by atoms with Crippen LogP contribution in [0.4, 0.5) is 11.6 Å². The highest BCUT2D eigenvalue weighted by Gasteiger charge is 2.35. The van der Waals surface area contributed by atoms with E-state index >= 15 is 0 Å². The van der Waals surface area contributed by atoms with Gasteiger partial charge in [-0.05, 0) is 51.1 Å². The molecule has 0 unspecified atom stereocenters. The molecule has 160 valence electrons. The minimum atomic E-state index is 0.0846. The monoisotopic (exact) mass is 401 g/mol. The number of amides is 1. The molecule has 3 aliphatic rings. The molecule has 0 atom stereocenters. The number of aromatic nitrogens is 2. The number of hydrogen-bond acceptors (Lipinski definition) is 6. The van der Waals surface area contributed by atoms with Gasteiger partial charge in [-0.1, -0.05) is 32.6 Å². The van der Waals surface area contributed by atoms with Gasteiger partial charge in [-0.2, -0.15) is 9.97 Å². The van der Waals surface area contributed by atoms with Gasteiger partial charge in [-0.15, -0.1) is 0 Å². The molecule has 1 aromatic heterocycles. The molecule has 7 nitrogen and oxygen atoms in total. The third kappa shape index (κ3) is 4.65. The van der Waals surface area contributed by atoms with Crippen LogP contribution in [-0.4, -0.2) is 53.1 Å². The number of nitrogen functional groups attached to an aromatic ring is 1. The molecule has 0 radical (unpaired) electrons. The topological polar surface area (TPSA) is 84.6 Å². The maximum Gasteiger partial charge on any atom is 0.320 e. The quantitative estimate of drug-likeness (QED) is 0.707. The molecule has 2 fully saturated rings. The number of ether oxygens (including phenoxy) is 1. The zero-order valence-corrected chi connectivity index (χ0v) is 17.7. The molecular weight excluding hydrogens is 366 g/mol. The van der Waals surface area contributed by atoms with E-state index in [-0.39, 0.29) is 5.91 Å². The second kappa shape index (κ2) is 9.28. The number of piperidine rings is 1. The molecular formula is C22H35N5O2. The van der Waals surface area contributed by atoms with E-state index < -0.39 is 0 Å². The van der Waals surface area contributed by atoms with E-state index in [1.807, 2.05) is 4.90 Å². The summed E-state index contributed by atoms with van der Waals surface area (Å²) in [4.78, 5) is 26.0. The van der Waals surface area contributed by atoms with Crippen molar-refractivity contribution in [2.75, 3.05) is 36.9 Å². The first kappa shape index (κ1) is 20.4. The zero-order chi connectivity index (χ0) is 20.2. The number of fused-ring (bicyclic) bond motifs is 1. The molecule has 1 aromatic rings. The maximum absolute atomic E-state index is 12.7. The molecule has 0 aromatic carbocycles. The largest absolute Gasteiger partial charge is 0.463 e. The Balaban J connectivity index is 1.38. The van der Waals surface area contributed by atoms with Crippen molar-refractivity contribution in [2.24, 2.45) is 5.92 Å². The van der Waals surface area contributed by atoms with Crippen molar-refractivity contribution >= 4 is 17.5 Å². The van der Waals surface area contributed by atoms with Gasteiger partial charge in [0.05, 0.1) is 13.0 Å². The van der Waals surface area contributed by atoms with E-state index in [0.29, 0.717) is 36.6 Å². The van der Waals surface area contributed by atoms with E-state index in [0.717, 1.165) is 56.9 Å². The molecule has 0 spiro atoms. The van der Waals surface area contributed by atoms with Crippen LogP contribution < -0.4 is 15.4 Å². The summed E-state index contributed by atoms with van der Waals surface area (Å²) in [5.41, 5.74) is 6.88. The van der Waals surface area contributed by atoms with E-state index in [9.17, 15) is 4.79 Å². The highest BCUT2D eigenvalue weighted by molar-refractivity contribution is 6.01. The Labute approximate surface area is 174 Å². The summed E-state index contributed by atoms with van der Waals surface area (Å²) in [5.74, 6) is 1.65. The van der Waals surface area contributed by atoms with Crippen LogP contribution in [0, 0.1) is 5.92 Å². The normalized spacial score (nSPS) is 21.6. The number of hydrogen-bond donors (Lipinski definition) is 1. The Morgan fingerprint density at radius 2 is 1.86 bits per heavy atom. The predicted octanol–water partition coefficient (Wildman–Crippen LogP) is 3.17. The van der Waals surface area contributed by atoms with Crippen molar-refractivity contribution < 1.29 is 9.53 Å². The van der Waals surface area contributed by atoms with E-state index in [4.69, 9.17) is 10.5 Å². The minimum absolute atomic E-state index is 0.0846. The number of nitrogens with two attached hydrogens (primary N) is 1. The van der Waals surface area contributed by atoms with Gasteiger partial charge in [0, 0.05) is 18.2 Å². The fourth-order valence-electron chi connectivity index (χ4n) is 4.99. The van der Waals surface area contributed by atoms with Crippen LogP contribution in [0.3, 0.4) is 0 Å². The number of carbonyl (C=O) groups is 1. The van der Waals surface area contributed by atoms with Gasteiger partial charge in [0.1, 0.15) is 11.6 Å². The van der Waals surface area contributed by atoms with Crippen LogP contribution in [0.2, 0.25) is 0 Å². The summed E-state index contributed by atoms with van der Waals surface area (Å²) in [7, 11) is 0. The summed E-state index contributed by atoms with van der Waals surface area (Å²) in [5, 5.41) is 0. The van der Waals surface area contributed by atoms with Gasteiger partial charge < -0.3 is 15.4 Å². The number of nitrogens with zero attached hydrogens (tertiary/aromatic N) is 4. The molecule has 3 heterocycles. The summed E-state index contributed by atoms with van der Waals surface area (Å²) >= 11 is 0. The molecule has 1 amide bonds. The molecule has 29 heavy (non-hydrogen) atoms. The van der Waals surface area contributed by atoms with Crippen molar-refractivity contribution in [1.82, 2.24) is 14.9 Å². The number of anilines is 2. The molecule has 1 saturated heterocycles. The fourth-order valence-corrected chi connectivity index (χ4v) is 4.99. The van der Waals surface area contributed by atoms with Crippen molar-refractivity contribution in [3.8, 4) is 6.01 Å². The van der Waals surface area contributed by atoms with Crippen molar-refractivity contribution in [3.63, 3.8) is 0 Å². The number of unbranched alkanes of at least 4 members (excludes halogenated alkanes) is 1. The van der Waals surface area contributed by atoms with Crippen LogP contribution >= 0.6 is 0 Å². The fraction of sp³-hybridized carbons (Fsp3) is 0.773. The first-order chi connectivity index (χ1) is 14.2. The van der Waals surface area contributed by atoms with Crippen molar-refractivity contribution in [1.29, 1.82) is 0 Å². The van der Waals surface area contributed by atoms with E-state index in [2.05, 4.69) is 21.8 Å². The molecule has 0 bridgehead atoms. The molecule has 4 rings (SSSR count). The Bertz CT molecular complexity index is 711. The molecule has 7 heteroatoms. The van der Waals surface area contributed by atoms with Gasteiger partial charge in [-0.25, -0.2) is 0 Å². The minimum Gasteiger partial charge on any atom is -0.463 e. The number of rotatable bonds is 7. The lowest BCUT2D eigenvalue weighted by Crippen LogP contribution is -2.44. The Kier molecular flexibility index (Phi) is 6.53. The lowest BCUT2D eigenvalue weighted by atomic mass is 9.90. The Hall–Kier alpha value is -1.89. The lowest BCUT2D eigenvalue weighted by Gasteiger charge is -2.40. The van der Waals surface area contributed by atoms with Gasteiger partial charge in [0.15, 0.2) is 0 Å². The summed E-state index contributed by atoms with van der Waals surface area (Å²) in [6.07, 6.45) is 11.5. The van der Waals surface area contributed by atoms with Crippen molar-refractivity contribution in [3.05, 3.63) is 5.56 Å². The van der Waals surface area contributed by atoms with Crippen LogP contribution in [-0.2, 0) is 11.2 Å². The summed E-state index contributed by atoms with van der Waals surface area (Å²) in [6.45, 7) is 5.72. The van der Waals surface area contributed by atoms with Gasteiger partial charge in [-0.3, -0.25) is 9.69 Å². The Morgan fingerprint density at radius 3 is 2.59 bits per heavy atom. The smallest absolute Gasteiger partial charge is 0.320 e. The van der Waals surface area contributed by atoms with Crippen LogP contribution in [0.1, 0.15) is 70.3 Å².